The summed E-state index contributed by atoms with van der Waals surface area (Å²) in [5.41, 5.74) is 6.38. The van der Waals surface area contributed by atoms with E-state index in [4.69, 9.17) is 33.7 Å². The van der Waals surface area contributed by atoms with Gasteiger partial charge in [0.05, 0.1) is 22.8 Å². The van der Waals surface area contributed by atoms with Crippen molar-refractivity contribution in [2.75, 3.05) is 17.3 Å². The van der Waals surface area contributed by atoms with Gasteiger partial charge in [0.15, 0.2) is 5.78 Å². The number of allylic oxidation sites excluding steroid dienone is 1. The van der Waals surface area contributed by atoms with Crippen LogP contribution in [0, 0.1) is 5.41 Å². The highest BCUT2D eigenvalue weighted by Gasteiger charge is 2.63. The summed E-state index contributed by atoms with van der Waals surface area (Å²) in [6.07, 6.45) is 0.570. The number of anilines is 2. The van der Waals surface area contributed by atoms with Gasteiger partial charge in [-0.2, -0.15) is 0 Å². The molecule has 0 bridgehead atoms. The predicted octanol–water partition coefficient (Wildman–Crippen LogP) is 5.45. The Morgan fingerprint density at radius 3 is 2.58 bits per heavy atom. The van der Waals surface area contributed by atoms with Crippen LogP contribution in [0.25, 0.3) is 0 Å². The molecule has 1 spiro atoms. The molecule has 1 unspecified atom stereocenters. The molecule has 1 amide bonds. The van der Waals surface area contributed by atoms with Crippen molar-refractivity contribution < 1.29 is 19.1 Å². The normalized spacial score (nSPS) is 22.6. The molecule has 2 aromatic rings. The van der Waals surface area contributed by atoms with Gasteiger partial charge in [0.2, 0.25) is 5.91 Å². The molecule has 1 aliphatic carbocycles. The standard InChI is InChI=1S/C26H22BrCl2N3O4/c1-25(2)10-17-19(18(33)11-25)26(13-9-12(27)7-8-15(13)31-24(26)35)20(23(34)36-3)22(30)32(17)16-6-4-5-14(28)21(16)29/h4-9H,10-11,30H2,1-3H3,(H,31,35). The van der Waals surface area contributed by atoms with Crippen LogP contribution in [0.5, 0.6) is 0 Å². The van der Waals surface area contributed by atoms with Crippen LogP contribution in [0.2, 0.25) is 10.0 Å². The van der Waals surface area contributed by atoms with Gasteiger partial charge < -0.3 is 15.8 Å². The van der Waals surface area contributed by atoms with Crippen molar-refractivity contribution in [2.24, 2.45) is 11.1 Å². The third-order valence-corrected chi connectivity index (χ3v) is 8.21. The first-order valence-corrected chi connectivity index (χ1v) is 12.7. The van der Waals surface area contributed by atoms with Crippen LogP contribution in [0.4, 0.5) is 11.4 Å². The largest absolute Gasteiger partial charge is 0.466 e. The third-order valence-electron chi connectivity index (χ3n) is 6.91. The number of ketones is 1. The molecular formula is C26H22BrCl2N3O4. The Balaban J connectivity index is 1.96. The number of halogens is 3. The lowest BCUT2D eigenvalue weighted by atomic mass is 9.60. The van der Waals surface area contributed by atoms with Crippen LogP contribution in [-0.4, -0.2) is 24.8 Å². The average Bonchev–Trinajstić information content (AvgIpc) is 3.06. The molecule has 3 N–H and O–H groups in total. The van der Waals surface area contributed by atoms with E-state index in [1.54, 1.807) is 41.3 Å². The minimum absolute atomic E-state index is 0.0572. The zero-order valence-electron chi connectivity index (χ0n) is 19.7. The van der Waals surface area contributed by atoms with Gasteiger partial charge >= 0.3 is 5.97 Å². The number of esters is 1. The van der Waals surface area contributed by atoms with Crippen molar-refractivity contribution in [1.82, 2.24) is 0 Å². The zero-order chi connectivity index (χ0) is 26.2. The van der Waals surface area contributed by atoms with E-state index in [9.17, 15) is 14.4 Å². The van der Waals surface area contributed by atoms with Crippen molar-refractivity contribution in [1.29, 1.82) is 0 Å². The Morgan fingerprint density at radius 1 is 1.17 bits per heavy atom. The summed E-state index contributed by atoms with van der Waals surface area (Å²) in [4.78, 5) is 42.9. The number of fused-ring (bicyclic) bond motifs is 3. The average molecular weight is 591 g/mol. The van der Waals surface area contributed by atoms with Crippen LogP contribution in [0.1, 0.15) is 32.3 Å². The van der Waals surface area contributed by atoms with Crippen LogP contribution in [0.3, 0.4) is 0 Å². The smallest absolute Gasteiger partial charge is 0.339 e. The molecule has 1 atom stereocenters. The summed E-state index contributed by atoms with van der Waals surface area (Å²) in [5, 5.41) is 3.33. The van der Waals surface area contributed by atoms with Crippen LogP contribution < -0.4 is 16.0 Å². The molecule has 2 heterocycles. The van der Waals surface area contributed by atoms with Crippen molar-refractivity contribution in [2.45, 2.75) is 32.1 Å². The zero-order valence-corrected chi connectivity index (χ0v) is 22.8. The third kappa shape index (κ3) is 3.34. The first kappa shape index (κ1) is 24.9. The number of hydrogen-bond acceptors (Lipinski definition) is 6. The van der Waals surface area contributed by atoms with E-state index in [0.717, 1.165) is 0 Å². The maximum Gasteiger partial charge on any atom is 0.339 e. The number of rotatable bonds is 2. The number of nitrogens with zero attached hydrogens (tertiary/aromatic N) is 1. The molecule has 5 rings (SSSR count). The van der Waals surface area contributed by atoms with Crippen LogP contribution in [0.15, 0.2) is 63.5 Å². The van der Waals surface area contributed by atoms with E-state index >= 15 is 0 Å². The number of nitrogens with one attached hydrogen (secondary N) is 1. The van der Waals surface area contributed by atoms with Crippen molar-refractivity contribution in [3.05, 3.63) is 79.1 Å². The lowest BCUT2D eigenvalue weighted by molar-refractivity contribution is -0.138. The van der Waals surface area contributed by atoms with Crippen LogP contribution in [-0.2, 0) is 24.5 Å². The van der Waals surface area contributed by atoms with Gasteiger partial charge in [0.25, 0.3) is 0 Å². The maximum absolute atomic E-state index is 14.0. The molecule has 0 saturated heterocycles. The van der Waals surface area contributed by atoms with Crippen molar-refractivity contribution in [3.8, 4) is 0 Å². The van der Waals surface area contributed by atoms with Gasteiger partial charge in [-0.05, 0) is 42.2 Å². The minimum Gasteiger partial charge on any atom is -0.466 e. The second-order valence-electron chi connectivity index (χ2n) is 9.82. The number of Topliss-reactive ketones (excluding diaryl/α,β-unsaturated/α-hetero) is 1. The molecule has 0 fully saturated rings. The van der Waals surface area contributed by atoms with Gasteiger partial charge in [-0.15, -0.1) is 0 Å². The van der Waals surface area contributed by atoms with Gasteiger partial charge in [-0.3, -0.25) is 14.5 Å². The van der Waals surface area contributed by atoms with Crippen molar-refractivity contribution >= 4 is 68.2 Å². The lowest BCUT2D eigenvalue weighted by Crippen LogP contribution is -2.54. The molecule has 2 aliphatic heterocycles. The highest BCUT2D eigenvalue weighted by Crippen LogP contribution is 2.58. The van der Waals surface area contributed by atoms with E-state index in [2.05, 4.69) is 21.2 Å². The highest BCUT2D eigenvalue weighted by molar-refractivity contribution is 9.10. The number of ether oxygens (including phenoxy) is 1. The molecule has 7 nitrogen and oxygen atoms in total. The Hall–Kier alpha value is -2.81. The Bertz CT molecular complexity index is 1450. The lowest BCUT2D eigenvalue weighted by Gasteiger charge is -2.47. The number of nitrogens with two attached hydrogens (primary N) is 1. The fourth-order valence-corrected chi connectivity index (χ4v) is 6.29. The van der Waals surface area contributed by atoms with Gasteiger partial charge in [-0.1, -0.05) is 59.0 Å². The predicted molar refractivity (Wildman–Crippen MR) is 142 cm³/mol. The van der Waals surface area contributed by atoms with E-state index < -0.39 is 22.7 Å². The first-order chi connectivity index (χ1) is 16.9. The highest BCUT2D eigenvalue weighted by atomic mass is 79.9. The van der Waals surface area contributed by atoms with Crippen LogP contribution >= 0.6 is 39.1 Å². The molecule has 10 heteroatoms. The molecule has 186 valence electrons. The first-order valence-electron chi connectivity index (χ1n) is 11.1. The number of carbonyl (C=O) groups excluding carboxylic acids is 3. The fraction of sp³-hybridized carbons (Fsp3) is 0.269. The molecular weight excluding hydrogens is 569 g/mol. The number of benzene rings is 2. The van der Waals surface area contributed by atoms with E-state index in [1.165, 1.54) is 7.11 Å². The monoisotopic (exact) mass is 589 g/mol. The number of hydrogen-bond donors (Lipinski definition) is 2. The summed E-state index contributed by atoms with van der Waals surface area (Å²) >= 11 is 16.4. The molecule has 0 aromatic heterocycles. The van der Waals surface area contributed by atoms with E-state index in [0.29, 0.717) is 33.5 Å². The molecule has 0 radical (unpaired) electrons. The van der Waals surface area contributed by atoms with Gasteiger partial charge in [-0.25, -0.2) is 4.79 Å². The number of methoxy groups -OCH3 is 1. The Morgan fingerprint density at radius 2 is 1.89 bits per heavy atom. The second kappa shape index (κ2) is 8.36. The topological polar surface area (TPSA) is 102 Å². The van der Waals surface area contributed by atoms with E-state index in [-0.39, 0.29) is 39.2 Å². The summed E-state index contributed by atoms with van der Waals surface area (Å²) < 4.78 is 5.82. The Labute approximate surface area is 226 Å². The van der Waals surface area contributed by atoms with E-state index in [1.807, 2.05) is 13.8 Å². The summed E-state index contributed by atoms with van der Waals surface area (Å²) in [6, 6.07) is 10.2. The molecule has 0 saturated carbocycles. The van der Waals surface area contributed by atoms with Gasteiger partial charge in [0, 0.05) is 33.4 Å². The maximum atomic E-state index is 14.0. The van der Waals surface area contributed by atoms with Crippen molar-refractivity contribution in [3.63, 3.8) is 0 Å². The summed E-state index contributed by atoms with van der Waals surface area (Å²) in [6.45, 7) is 3.93. The molecule has 3 aliphatic rings. The second-order valence-corrected chi connectivity index (χ2v) is 11.5. The quantitative estimate of drug-likeness (QED) is 0.451. The number of carbonyl (C=O) groups is 3. The molecule has 36 heavy (non-hydrogen) atoms. The Kier molecular flexibility index (Phi) is 5.78. The number of amides is 1. The molecule has 2 aromatic carbocycles. The van der Waals surface area contributed by atoms with Gasteiger partial charge in [0.1, 0.15) is 16.8 Å². The fourth-order valence-electron chi connectivity index (χ4n) is 5.55. The summed E-state index contributed by atoms with van der Waals surface area (Å²) in [5.74, 6) is -1.70. The minimum atomic E-state index is -1.79. The SMILES string of the molecule is COC(=O)C1=C(N)N(c2cccc(Cl)c2Cl)C2=C(C(=O)CC(C)(C)C2)C12C(=O)Nc1ccc(Br)cc12. The summed E-state index contributed by atoms with van der Waals surface area (Å²) in [7, 11) is 1.21.